The van der Waals surface area contributed by atoms with E-state index in [4.69, 9.17) is 27.1 Å². The maximum absolute atomic E-state index is 14.1. The number of benzene rings is 2. The van der Waals surface area contributed by atoms with Gasteiger partial charge in [-0.3, -0.25) is 0 Å². The molecule has 0 fully saturated rings. The first-order valence-electron chi connectivity index (χ1n) is 11.1. The lowest BCUT2D eigenvalue weighted by Gasteiger charge is -2.12. The minimum Gasteiger partial charge on any atom is -0.496 e. The molecule has 174 valence electrons. The Morgan fingerprint density at radius 2 is 1.91 bits per heavy atom. The second-order valence-electron chi connectivity index (χ2n) is 8.23. The van der Waals surface area contributed by atoms with Gasteiger partial charge in [0.25, 0.3) is 0 Å². The molecule has 2 N–H and O–H groups in total. The summed E-state index contributed by atoms with van der Waals surface area (Å²) in [6.07, 6.45) is 2.93. The van der Waals surface area contributed by atoms with Crippen molar-refractivity contribution < 1.29 is 9.13 Å². The molecule has 1 heterocycles. The molecule has 0 aliphatic heterocycles. The van der Waals surface area contributed by atoms with Crippen LogP contribution in [0, 0.1) is 38.4 Å². The van der Waals surface area contributed by atoms with Crippen LogP contribution in [0.2, 0.25) is 5.02 Å². The van der Waals surface area contributed by atoms with Crippen LogP contribution in [-0.2, 0) is 0 Å². The molecule has 0 saturated carbocycles. The molecule has 0 aliphatic rings. The molecule has 6 heteroatoms. The Morgan fingerprint density at radius 3 is 2.58 bits per heavy atom. The molecule has 2 aromatic carbocycles. The van der Waals surface area contributed by atoms with E-state index in [1.54, 1.807) is 20.1 Å². The van der Waals surface area contributed by atoms with Gasteiger partial charge in [-0.1, -0.05) is 55.3 Å². The van der Waals surface area contributed by atoms with E-state index in [-0.39, 0.29) is 11.7 Å². The summed E-state index contributed by atoms with van der Waals surface area (Å²) in [6.45, 7) is 7.88. The first-order valence-corrected chi connectivity index (χ1v) is 12.3. The fourth-order valence-electron chi connectivity index (χ4n) is 3.67. The van der Waals surface area contributed by atoms with Gasteiger partial charge in [0, 0.05) is 16.4 Å². The van der Waals surface area contributed by atoms with E-state index in [2.05, 4.69) is 18.8 Å². The molecule has 2 atom stereocenters. The minimum atomic E-state index is -0.528. The zero-order valence-corrected chi connectivity index (χ0v) is 21.3. The van der Waals surface area contributed by atoms with Gasteiger partial charge in [-0.25, -0.2) is 9.37 Å². The van der Waals surface area contributed by atoms with Gasteiger partial charge in [0.2, 0.25) is 0 Å². The Balaban J connectivity index is 1.89. The van der Waals surface area contributed by atoms with Gasteiger partial charge in [0.1, 0.15) is 22.6 Å². The number of hydrogen-bond acceptors (Lipinski definition) is 4. The second-order valence-corrected chi connectivity index (χ2v) is 9.87. The number of rotatable bonds is 7. The second kappa shape index (κ2) is 11.2. The molecule has 0 amide bonds. The van der Waals surface area contributed by atoms with Crippen LogP contribution in [0.25, 0.3) is 11.3 Å². The standard InChI is InChI=1S/C27H30ClFN2OS/c1-6-7-8-19(20-10-9-16(2)23(29)14-20)11-12-24(30)27-31-26(18(4)33-27)21-13-17(3)25(32-5)15-22(21)28/h9-10,13-15,19,24H,6-8,30H2,1-5H3/t19-,24?/m1/s1. The Labute approximate surface area is 205 Å². The van der Waals surface area contributed by atoms with Crippen molar-refractivity contribution in [2.24, 2.45) is 5.73 Å². The van der Waals surface area contributed by atoms with Crippen LogP contribution >= 0.6 is 22.9 Å². The van der Waals surface area contributed by atoms with Crippen molar-refractivity contribution in [1.82, 2.24) is 4.98 Å². The third-order valence-electron chi connectivity index (χ3n) is 5.68. The highest BCUT2D eigenvalue weighted by molar-refractivity contribution is 7.12. The highest BCUT2D eigenvalue weighted by atomic mass is 35.5. The molecule has 0 aliphatic carbocycles. The fourth-order valence-corrected chi connectivity index (χ4v) is 4.80. The maximum Gasteiger partial charge on any atom is 0.126 e. The minimum absolute atomic E-state index is 0.0645. The van der Waals surface area contributed by atoms with Crippen LogP contribution in [0.1, 0.15) is 64.7 Å². The molecule has 0 saturated heterocycles. The zero-order chi connectivity index (χ0) is 24.1. The predicted octanol–water partition coefficient (Wildman–Crippen LogP) is 7.51. The Hall–Kier alpha value is -2.39. The van der Waals surface area contributed by atoms with Crippen LogP contribution in [-0.4, -0.2) is 12.1 Å². The summed E-state index contributed by atoms with van der Waals surface area (Å²) >= 11 is 8.04. The van der Waals surface area contributed by atoms with Crippen LogP contribution in [0.5, 0.6) is 5.75 Å². The molecular weight excluding hydrogens is 455 g/mol. The normalized spacial score (nSPS) is 12.7. The number of nitrogens with two attached hydrogens (primary N) is 1. The van der Waals surface area contributed by atoms with Crippen molar-refractivity contribution in [3.8, 4) is 28.8 Å². The van der Waals surface area contributed by atoms with Crippen LogP contribution < -0.4 is 10.5 Å². The van der Waals surface area contributed by atoms with E-state index in [1.807, 2.05) is 38.1 Å². The molecule has 3 aromatic rings. The number of nitrogens with zero attached hydrogens (tertiary/aromatic N) is 1. The quantitative estimate of drug-likeness (QED) is 0.353. The highest BCUT2D eigenvalue weighted by Crippen LogP contribution is 2.37. The van der Waals surface area contributed by atoms with E-state index >= 15 is 0 Å². The van der Waals surface area contributed by atoms with Crippen molar-refractivity contribution >= 4 is 22.9 Å². The third-order valence-corrected chi connectivity index (χ3v) is 7.04. The van der Waals surface area contributed by atoms with Crippen molar-refractivity contribution in [2.45, 2.75) is 58.9 Å². The summed E-state index contributed by atoms with van der Waals surface area (Å²) in [6, 6.07) is 8.62. The van der Waals surface area contributed by atoms with E-state index in [0.29, 0.717) is 10.6 Å². The lowest BCUT2D eigenvalue weighted by Crippen LogP contribution is -2.08. The Bertz CT molecular complexity index is 1190. The molecule has 0 bridgehead atoms. The number of methoxy groups -OCH3 is 1. The molecular formula is C27H30ClFN2OS. The summed E-state index contributed by atoms with van der Waals surface area (Å²) < 4.78 is 19.5. The highest BCUT2D eigenvalue weighted by Gasteiger charge is 2.18. The maximum atomic E-state index is 14.1. The molecule has 3 nitrogen and oxygen atoms in total. The smallest absolute Gasteiger partial charge is 0.126 e. The number of halogens is 2. The topological polar surface area (TPSA) is 48.1 Å². The average molecular weight is 485 g/mol. The van der Waals surface area contributed by atoms with Gasteiger partial charge < -0.3 is 10.5 Å². The number of hydrogen-bond donors (Lipinski definition) is 1. The van der Waals surface area contributed by atoms with Crippen LogP contribution in [0.3, 0.4) is 0 Å². The largest absolute Gasteiger partial charge is 0.496 e. The van der Waals surface area contributed by atoms with E-state index in [9.17, 15) is 4.39 Å². The summed E-state index contributed by atoms with van der Waals surface area (Å²) in [5.74, 6) is 6.95. The molecule has 3 rings (SSSR count). The number of thiazole rings is 1. The number of aromatic nitrogens is 1. The molecule has 1 aromatic heterocycles. The number of ether oxygens (including phenoxy) is 1. The monoisotopic (exact) mass is 484 g/mol. The lowest BCUT2D eigenvalue weighted by molar-refractivity contribution is 0.412. The van der Waals surface area contributed by atoms with Crippen molar-refractivity contribution in [3.05, 3.63) is 67.7 Å². The van der Waals surface area contributed by atoms with Crippen molar-refractivity contribution in [2.75, 3.05) is 7.11 Å². The van der Waals surface area contributed by atoms with Crippen LogP contribution in [0.15, 0.2) is 30.3 Å². The molecule has 33 heavy (non-hydrogen) atoms. The van der Waals surface area contributed by atoms with Gasteiger partial charge in [-0.15, -0.1) is 11.3 Å². The lowest BCUT2D eigenvalue weighted by atomic mass is 9.93. The predicted molar refractivity (Wildman–Crippen MR) is 137 cm³/mol. The molecule has 0 spiro atoms. The van der Waals surface area contributed by atoms with Gasteiger partial charge in [0.15, 0.2) is 0 Å². The number of unbranched alkanes of at least 4 members (excludes halogenated alkanes) is 1. The van der Waals surface area contributed by atoms with Gasteiger partial charge in [0.05, 0.1) is 17.8 Å². The summed E-state index contributed by atoms with van der Waals surface area (Å²) in [4.78, 5) is 5.81. The van der Waals surface area contributed by atoms with Crippen LogP contribution in [0.4, 0.5) is 4.39 Å². The van der Waals surface area contributed by atoms with E-state index in [1.165, 1.54) is 11.3 Å². The SMILES string of the molecule is CCCC[C@H](C#CC(N)c1nc(-c2cc(C)c(OC)cc2Cl)c(C)s1)c1ccc(C)c(F)c1. The molecule has 0 radical (unpaired) electrons. The van der Waals surface area contributed by atoms with Gasteiger partial charge in [-0.2, -0.15) is 0 Å². The first-order chi connectivity index (χ1) is 15.7. The number of aryl methyl sites for hydroxylation is 3. The zero-order valence-electron chi connectivity index (χ0n) is 19.8. The Morgan fingerprint density at radius 1 is 1.15 bits per heavy atom. The summed E-state index contributed by atoms with van der Waals surface area (Å²) in [5.41, 5.74) is 10.6. The Kier molecular flexibility index (Phi) is 8.53. The first kappa shape index (κ1) is 25.2. The third kappa shape index (κ3) is 5.95. The fraction of sp³-hybridized carbons (Fsp3) is 0.370. The van der Waals surface area contributed by atoms with Gasteiger partial charge in [-0.05, 0) is 62.1 Å². The van der Waals surface area contributed by atoms with Crippen molar-refractivity contribution in [3.63, 3.8) is 0 Å². The molecule has 1 unspecified atom stereocenters. The average Bonchev–Trinajstić information content (AvgIpc) is 3.18. The van der Waals surface area contributed by atoms with Gasteiger partial charge >= 0.3 is 0 Å². The van der Waals surface area contributed by atoms with Crippen molar-refractivity contribution in [1.29, 1.82) is 0 Å². The van der Waals surface area contributed by atoms with E-state index in [0.717, 1.165) is 57.3 Å². The summed E-state index contributed by atoms with van der Waals surface area (Å²) in [7, 11) is 1.63. The summed E-state index contributed by atoms with van der Waals surface area (Å²) in [5, 5.41) is 1.32. The van der Waals surface area contributed by atoms with E-state index < -0.39 is 6.04 Å².